The number of carbonyl (C=O) groups is 2. The minimum Gasteiger partial charge on any atom is -0.457 e. The molecule has 0 aliphatic rings. The van der Waals surface area contributed by atoms with Crippen molar-refractivity contribution in [2.75, 3.05) is 18.5 Å². The predicted octanol–water partition coefficient (Wildman–Crippen LogP) is 3.75. The van der Waals surface area contributed by atoms with E-state index in [9.17, 15) is 9.59 Å². The minimum absolute atomic E-state index is 0.176. The lowest BCUT2D eigenvalue weighted by Crippen LogP contribution is -2.29. The maximum atomic E-state index is 12.0. The molecule has 0 radical (unpaired) electrons. The van der Waals surface area contributed by atoms with Gasteiger partial charge >= 0.3 is 0 Å². The van der Waals surface area contributed by atoms with Gasteiger partial charge in [0.1, 0.15) is 24.7 Å². The zero-order valence-corrected chi connectivity index (χ0v) is 15.8. The average molecular weight is 390 g/mol. The zero-order chi connectivity index (χ0) is 20.3. The van der Waals surface area contributed by atoms with Gasteiger partial charge in [-0.1, -0.05) is 48.5 Å². The minimum atomic E-state index is -0.336. The van der Waals surface area contributed by atoms with Crippen LogP contribution in [0.25, 0.3) is 0 Å². The normalized spacial score (nSPS) is 10.2. The Bertz CT molecular complexity index is 913. The van der Waals surface area contributed by atoms with Gasteiger partial charge < -0.3 is 20.1 Å². The number of para-hydroxylation sites is 1. The third kappa shape index (κ3) is 7.12. The molecule has 0 aliphatic carbocycles. The summed E-state index contributed by atoms with van der Waals surface area (Å²) in [6.45, 7) is 0.0394. The van der Waals surface area contributed by atoms with Crippen molar-refractivity contribution in [2.45, 2.75) is 6.54 Å². The second kappa shape index (κ2) is 10.6. The maximum absolute atomic E-state index is 12.0. The van der Waals surface area contributed by atoms with Crippen molar-refractivity contribution in [1.82, 2.24) is 5.32 Å². The molecule has 3 rings (SSSR count). The average Bonchev–Trinajstić information content (AvgIpc) is 2.75. The summed E-state index contributed by atoms with van der Waals surface area (Å²) in [5, 5.41) is 5.45. The number of anilines is 1. The monoisotopic (exact) mass is 390 g/mol. The molecule has 0 fully saturated rings. The molecule has 0 unspecified atom stereocenters. The summed E-state index contributed by atoms with van der Waals surface area (Å²) in [6, 6.07) is 26.0. The third-order valence-corrected chi connectivity index (χ3v) is 3.92. The molecule has 0 aromatic heterocycles. The number of hydrogen-bond donors (Lipinski definition) is 2. The Hall–Kier alpha value is -3.64. The Morgan fingerprint density at radius 3 is 1.97 bits per heavy atom. The van der Waals surface area contributed by atoms with Crippen LogP contribution in [0.2, 0.25) is 0 Å². The van der Waals surface area contributed by atoms with Crippen LogP contribution in [0.3, 0.4) is 0 Å². The van der Waals surface area contributed by atoms with Crippen molar-refractivity contribution < 1.29 is 19.1 Å². The molecule has 0 saturated carbocycles. The molecule has 0 heterocycles. The highest BCUT2D eigenvalue weighted by molar-refractivity contribution is 5.91. The van der Waals surface area contributed by atoms with Gasteiger partial charge in [0.2, 0.25) is 11.8 Å². The number of amides is 2. The first-order valence-corrected chi connectivity index (χ1v) is 9.20. The van der Waals surface area contributed by atoms with Crippen LogP contribution >= 0.6 is 0 Å². The van der Waals surface area contributed by atoms with Crippen LogP contribution in [-0.4, -0.2) is 25.0 Å². The lowest BCUT2D eigenvalue weighted by Gasteiger charge is -2.09. The summed E-state index contributed by atoms with van der Waals surface area (Å²) in [5.74, 6) is 0.797. The summed E-state index contributed by atoms with van der Waals surface area (Å²) in [7, 11) is 0. The van der Waals surface area contributed by atoms with Gasteiger partial charge in [0.25, 0.3) is 0 Å². The maximum Gasteiger partial charge on any atom is 0.250 e. The number of hydrogen-bond acceptors (Lipinski definition) is 4. The highest BCUT2D eigenvalue weighted by atomic mass is 16.5. The van der Waals surface area contributed by atoms with Gasteiger partial charge in [0.15, 0.2) is 0 Å². The molecule has 6 nitrogen and oxygen atoms in total. The topological polar surface area (TPSA) is 76.7 Å². The molecule has 148 valence electrons. The first kappa shape index (κ1) is 20.1. The lowest BCUT2D eigenvalue weighted by atomic mass is 10.2. The molecule has 0 aliphatic heterocycles. The van der Waals surface area contributed by atoms with E-state index in [1.165, 1.54) is 0 Å². The molecule has 0 atom stereocenters. The van der Waals surface area contributed by atoms with Crippen LogP contribution in [0, 0.1) is 0 Å². The zero-order valence-electron chi connectivity index (χ0n) is 15.8. The fourth-order valence-electron chi connectivity index (χ4n) is 2.51. The van der Waals surface area contributed by atoms with Crippen LogP contribution < -0.4 is 15.4 Å². The summed E-state index contributed by atoms with van der Waals surface area (Å²) in [6.07, 6.45) is 0. The molecule has 0 bridgehead atoms. The largest absolute Gasteiger partial charge is 0.457 e. The van der Waals surface area contributed by atoms with Crippen LogP contribution in [-0.2, 0) is 20.9 Å². The number of nitrogens with one attached hydrogen (secondary N) is 2. The van der Waals surface area contributed by atoms with E-state index in [1.807, 2.05) is 60.7 Å². The van der Waals surface area contributed by atoms with E-state index in [1.54, 1.807) is 24.3 Å². The summed E-state index contributed by atoms with van der Waals surface area (Å²) in [4.78, 5) is 23.7. The van der Waals surface area contributed by atoms with Gasteiger partial charge in [-0.25, -0.2) is 0 Å². The Kier molecular flexibility index (Phi) is 7.37. The quantitative estimate of drug-likeness (QED) is 0.583. The molecule has 3 aromatic carbocycles. The fraction of sp³-hybridized carbons (Fsp3) is 0.130. The summed E-state index contributed by atoms with van der Waals surface area (Å²) < 4.78 is 10.9. The smallest absolute Gasteiger partial charge is 0.250 e. The van der Waals surface area contributed by atoms with E-state index >= 15 is 0 Å². The predicted molar refractivity (Wildman–Crippen MR) is 111 cm³/mol. The summed E-state index contributed by atoms with van der Waals surface area (Å²) in [5.41, 5.74) is 1.62. The Morgan fingerprint density at radius 2 is 1.28 bits per heavy atom. The summed E-state index contributed by atoms with van der Waals surface area (Å²) >= 11 is 0. The van der Waals surface area contributed by atoms with Crippen molar-refractivity contribution in [3.63, 3.8) is 0 Å². The Morgan fingerprint density at radius 1 is 0.690 bits per heavy atom. The van der Waals surface area contributed by atoms with Crippen molar-refractivity contribution in [1.29, 1.82) is 0 Å². The Balaban J connectivity index is 1.35. The van der Waals surface area contributed by atoms with Gasteiger partial charge in [-0.05, 0) is 42.0 Å². The second-order valence-corrected chi connectivity index (χ2v) is 6.24. The highest BCUT2D eigenvalue weighted by Gasteiger charge is 2.06. The van der Waals surface area contributed by atoms with E-state index in [2.05, 4.69) is 10.6 Å². The van der Waals surface area contributed by atoms with Crippen LogP contribution in [0.5, 0.6) is 11.5 Å². The van der Waals surface area contributed by atoms with Crippen molar-refractivity contribution in [3.05, 3.63) is 90.5 Å². The first-order chi connectivity index (χ1) is 14.2. The molecule has 0 spiro atoms. The van der Waals surface area contributed by atoms with E-state index in [0.29, 0.717) is 18.0 Å². The lowest BCUT2D eigenvalue weighted by molar-refractivity contribution is -0.128. The molecule has 2 amide bonds. The SMILES string of the molecule is O=C(COCC(=O)Nc1ccc(Oc2ccccc2)cc1)NCc1ccccc1. The second-order valence-electron chi connectivity index (χ2n) is 6.24. The molecule has 2 N–H and O–H groups in total. The molecule has 6 heteroatoms. The van der Waals surface area contributed by atoms with Gasteiger partial charge in [0, 0.05) is 12.2 Å². The van der Waals surface area contributed by atoms with E-state index in [4.69, 9.17) is 9.47 Å². The molecule has 0 saturated heterocycles. The molecular formula is C23H22N2O4. The molecule has 3 aromatic rings. The fourth-order valence-corrected chi connectivity index (χ4v) is 2.51. The van der Waals surface area contributed by atoms with Crippen LogP contribution in [0.15, 0.2) is 84.9 Å². The van der Waals surface area contributed by atoms with Crippen LogP contribution in [0.1, 0.15) is 5.56 Å². The van der Waals surface area contributed by atoms with Crippen molar-refractivity contribution in [3.8, 4) is 11.5 Å². The number of ether oxygens (including phenoxy) is 2. The molecule has 29 heavy (non-hydrogen) atoms. The van der Waals surface area contributed by atoms with E-state index in [-0.39, 0.29) is 25.0 Å². The number of carbonyl (C=O) groups excluding carboxylic acids is 2. The number of rotatable bonds is 9. The van der Waals surface area contributed by atoms with Gasteiger partial charge in [-0.15, -0.1) is 0 Å². The molecular weight excluding hydrogens is 368 g/mol. The van der Waals surface area contributed by atoms with Gasteiger partial charge in [0.05, 0.1) is 0 Å². The van der Waals surface area contributed by atoms with E-state index < -0.39 is 0 Å². The van der Waals surface area contributed by atoms with Gasteiger partial charge in [-0.3, -0.25) is 9.59 Å². The standard InChI is InChI=1S/C23H22N2O4/c26-22(24-15-18-7-3-1-4-8-18)16-28-17-23(27)25-19-11-13-21(14-12-19)29-20-9-5-2-6-10-20/h1-14H,15-17H2,(H,24,26)(H,25,27). The van der Waals surface area contributed by atoms with Gasteiger partial charge in [-0.2, -0.15) is 0 Å². The highest BCUT2D eigenvalue weighted by Crippen LogP contribution is 2.22. The number of benzene rings is 3. The van der Waals surface area contributed by atoms with Crippen molar-refractivity contribution >= 4 is 17.5 Å². The first-order valence-electron chi connectivity index (χ1n) is 9.20. The van der Waals surface area contributed by atoms with E-state index in [0.717, 1.165) is 11.3 Å². The van der Waals surface area contributed by atoms with Crippen LogP contribution in [0.4, 0.5) is 5.69 Å². The Labute approximate surface area is 169 Å². The van der Waals surface area contributed by atoms with Crippen molar-refractivity contribution in [2.24, 2.45) is 0 Å². The third-order valence-electron chi connectivity index (χ3n) is 3.92.